The van der Waals surface area contributed by atoms with Gasteiger partial charge in [0.1, 0.15) is 17.4 Å². The van der Waals surface area contributed by atoms with Gasteiger partial charge >= 0.3 is 0 Å². The van der Waals surface area contributed by atoms with E-state index in [-0.39, 0.29) is 11.9 Å². The zero-order chi connectivity index (χ0) is 14.8. The second-order valence-electron chi connectivity index (χ2n) is 5.61. The highest BCUT2D eigenvalue weighted by Crippen LogP contribution is 2.42. The standard InChI is InChI=1S/C15H18Cl2N2O2/c16-11-3-2-10-12(8-21-15(10)14(11)17)19-13(20)4-1-9-5-6-18-7-9/h2-3,9,12,18H,1,4-8H2,(H,19,20). The average molecular weight is 329 g/mol. The highest BCUT2D eigenvalue weighted by atomic mass is 35.5. The van der Waals surface area contributed by atoms with E-state index in [0.717, 1.165) is 31.5 Å². The second-order valence-corrected chi connectivity index (χ2v) is 6.39. The molecule has 2 heterocycles. The summed E-state index contributed by atoms with van der Waals surface area (Å²) < 4.78 is 5.56. The fraction of sp³-hybridized carbons (Fsp3) is 0.533. The van der Waals surface area contributed by atoms with Gasteiger partial charge in [-0.3, -0.25) is 4.79 Å². The van der Waals surface area contributed by atoms with Crippen molar-refractivity contribution in [3.05, 3.63) is 27.7 Å². The number of rotatable bonds is 4. The molecule has 0 aliphatic carbocycles. The number of hydrogen-bond donors (Lipinski definition) is 2. The summed E-state index contributed by atoms with van der Waals surface area (Å²) in [5, 5.41) is 7.22. The van der Waals surface area contributed by atoms with Crippen LogP contribution in [0.15, 0.2) is 12.1 Å². The van der Waals surface area contributed by atoms with E-state index in [1.165, 1.54) is 0 Å². The molecule has 4 nitrogen and oxygen atoms in total. The quantitative estimate of drug-likeness (QED) is 0.893. The Hall–Kier alpha value is -0.970. The minimum absolute atomic E-state index is 0.0643. The molecule has 0 radical (unpaired) electrons. The Morgan fingerprint density at radius 2 is 2.29 bits per heavy atom. The second kappa shape index (κ2) is 6.42. The lowest BCUT2D eigenvalue weighted by Gasteiger charge is -2.13. The molecule has 2 atom stereocenters. The molecule has 114 valence electrons. The molecule has 2 unspecified atom stereocenters. The fourth-order valence-electron chi connectivity index (χ4n) is 2.91. The van der Waals surface area contributed by atoms with Crippen molar-refractivity contribution in [2.45, 2.75) is 25.3 Å². The van der Waals surface area contributed by atoms with Gasteiger partial charge in [0, 0.05) is 12.0 Å². The van der Waals surface area contributed by atoms with Crippen molar-refractivity contribution in [1.29, 1.82) is 0 Å². The third-order valence-corrected chi connectivity index (χ3v) is 4.91. The monoisotopic (exact) mass is 328 g/mol. The molecular weight excluding hydrogens is 311 g/mol. The molecule has 2 aliphatic heterocycles. The van der Waals surface area contributed by atoms with E-state index in [1.54, 1.807) is 6.07 Å². The largest absolute Gasteiger partial charge is 0.489 e. The van der Waals surface area contributed by atoms with E-state index >= 15 is 0 Å². The minimum atomic E-state index is -0.135. The molecule has 1 aromatic rings. The first-order valence-corrected chi connectivity index (χ1v) is 8.01. The van der Waals surface area contributed by atoms with Crippen molar-refractivity contribution in [1.82, 2.24) is 10.6 Å². The van der Waals surface area contributed by atoms with E-state index in [4.69, 9.17) is 27.9 Å². The van der Waals surface area contributed by atoms with Crippen molar-refractivity contribution in [2.24, 2.45) is 5.92 Å². The van der Waals surface area contributed by atoms with E-state index in [1.807, 2.05) is 6.07 Å². The van der Waals surface area contributed by atoms with E-state index in [9.17, 15) is 4.79 Å². The average Bonchev–Trinajstić information content (AvgIpc) is 3.11. The highest BCUT2D eigenvalue weighted by Gasteiger charge is 2.28. The summed E-state index contributed by atoms with van der Waals surface area (Å²) in [5.41, 5.74) is 0.903. The van der Waals surface area contributed by atoms with Gasteiger partial charge in [-0.05, 0) is 37.9 Å². The molecule has 0 spiro atoms. The molecule has 1 amide bonds. The van der Waals surface area contributed by atoms with Crippen molar-refractivity contribution in [3.63, 3.8) is 0 Å². The Morgan fingerprint density at radius 3 is 3.05 bits per heavy atom. The van der Waals surface area contributed by atoms with Gasteiger partial charge in [0.05, 0.1) is 11.1 Å². The van der Waals surface area contributed by atoms with Gasteiger partial charge < -0.3 is 15.4 Å². The topological polar surface area (TPSA) is 50.4 Å². The molecule has 2 N–H and O–H groups in total. The number of ether oxygens (including phenoxy) is 1. The van der Waals surface area contributed by atoms with Crippen LogP contribution in [0, 0.1) is 5.92 Å². The van der Waals surface area contributed by atoms with E-state index < -0.39 is 0 Å². The molecule has 3 rings (SSSR count). The van der Waals surface area contributed by atoms with Crippen molar-refractivity contribution in [2.75, 3.05) is 19.7 Å². The van der Waals surface area contributed by atoms with E-state index in [0.29, 0.717) is 34.7 Å². The van der Waals surface area contributed by atoms with Gasteiger partial charge in [0.15, 0.2) is 0 Å². The SMILES string of the molecule is O=C(CCC1CCNC1)NC1COc2c1ccc(Cl)c2Cl. The number of carbonyl (C=O) groups excluding carboxylic acids is 1. The third kappa shape index (κ3) is 3.28. The van der Waals surface area contributed by atoms with Crippen LogP contribution in [0.3, 0.4) is 0 Å². The molecule has 6 heteroatoms. The number of hydrogen-bond acceptors (Lipinski definition) is 3. The predicted molar refractivity (Wildman–Crippen MR) is 83.1 cm³/mol. The van der Waals surface area contributed by atoms with E-state index in [2.05, 4.69) is 10.6 Å². The normalized spacial score (nSPS) is 23.7. The maximum absolute atomic E-state index is 12.1. The van der Waals surface area contributed by atoms with Crippen LogP contribution in [0.2, 0.25) is 10.0 Å². The summed E-state index contributed by atoms with van der Waals surface area (Å²) in [5.74, 6) is 1.28. The Balaban J connectivity index is 1.57. The molecule has 21 heavy (non-hydrogen) atoms. The van der Waals surface area contributed by atoms with Gasteiger partial charge in [0.25, 0.3) is 0 Å². The first-order chi connectivity index (χ1) is 10.1. The summed E-state index contributed by atoms with van der Waals surface area (Å²) in [4.78, 5) is 12.1. The first kappa shape index (κ1) is 14.9. The Kier molecular flexibility index (Phi) is 4.57. The number of amides is 1. The number of nitrogens with one attached hydrogen (secondary N) is 2. The molecule has 0 aromatic heterocycles. The van der Waals surface area contributed by atoms with Crippen molar-refractivity contribution < 1.29 is 9.53 Å². The van der Waals surface area contributed by atoms with Crippen LogP contribution < -0.4 is 15.4 Å². The molecular formula is C15H18Cl2N2O2. The maximum Gasteiger partial charge on any atom is 0.220 e. The number of carbonyl (C=O) groups is 1. The van der Waals surface area contributed by atoms with Gasteiger partial charge in [-0.25, -0.2) is 0 Å². The molecule has 1 aromatic carbocycles. The summed E-state index contributed by atoms with van der Waals surface area (Å²) >= 11 is 12.1. The van der Waals surface area contributed by atoms with Gasteiger partial charge in [-0.1, -0.05) is 29.3 Å². The summed E-state index contributed by atoms with van der Waals surface area (Å²) in [7, 11) is 0. The van der Waals surface area contributed by atoms with Crippen LogP contribution in [0.5, 0.6) is 5.75 Å². The van der Waals surface area contributed by atoms with Crippen molar-refractivity contribution >= 4 is 29.1 Å². The summed E-state index contributed by atoms with van der Waals surface area (Å²) in [6.07, 6.45) is 2.65. The summed E-state index contributed by atoms with van der Waals surface area (Å²) in [6.45, 7) is 2.50. The van der Waals surface area contributed by atoms with Gasteiger partial charge in [-0.15, -0.1) is 0 Å². The molecule has 1 fully saturated rings. The van der Waals surface area contributed by atoms with Gasteiger partial charge in [-0.2, -0.15) is 0 Å². The lowest BCUT2D eigenvalue weighted by atomic mass is 10.0. The van der Waals surface area contributed by atoms with Crippen LogP contribution in [-0.4, -0.2) is 25.6 Å². The zero-order valence-electron chi connectivity index (χ0n) is 11.6. The first-order valence-electron chi connectivity index (χ1n) is 7.26. The van der Waals surface area contributed by atoms with Crippen LogP contribution in [-0.2, 0) is 4.79 Å². The maximum atomic E-state index is 12.1. The third-order valence-electron chi connectivity index (χ3n) is 4.13. The van der Waals surface area contributed by atoms with Crippen molar-refractivity contribution in [3.8, 4) is 5.75 Å². The van der Waals surface area contributed by atoms with Crippen LogP contribution >= 0.6 is 23.2 Å². The van der Waals surface area contributed by atoms with Crippen LogP contribution in [0.25, 0.3) is 0 Å². The zero-order valence-corrected chi connectivity index (χ0v) is 13.1. The lowest BCUT2D eigenvalue weighted by molar-refractivity contribution is -0.122. The Labute approximate surface area is 134 Å². The van der Waals surface area contributed by atoms with Gasteiger partial charge in [0.2, 0.25) is 5.91 Å². The number of benzene rings is 1. The molecule has 0 saturated carbocycles. The number of fused-ring (bicyclic) bond motifs is 1. The molecule has 0 bridgehead atoms. The Morgan fingerprint density at radius 1 is 1.43 bits per heavy atom. The summed E-state index contributed by atoms with van der Waals surface area (Å²) in [6, 6.07) is 3.47. The number of halogens is 2. The molecule has 1 saturated heterocycles. The predicted octanol–water partition coefficient (Wildman–Crippen LogP) is 2.93. The van der Waals surface area contributed by atoms with Crippen LogP contribution in [0.4, 0.5) is 0 Å². The lowest BCUT2D eigenvalue weighted by Crippen LogP contribution is -2.29. The molecule has 2 aliphatic rings. The fourth-order valence-corrected chi connectivity index (χ4v) is 3.28. The minimum Gasteiger partial charge on any atom is -0.489 e. The Bertz CT molecular complexity index is 545. The highest BCUT2D eigenvalue weighted by molar-refractivity contribution is 6.43. The smallest absolute Gasteiger partial charge is 0.220 e. The van der Waals surface area contributed by atoms with Crippen LogP contribution in [0.1, 0.15) is 30.9 Å².